The standard InChI is InChI=1S/C35H30N2/c1-21(2)23-18-11-19-24(22(3)4)32(23)31-20-36-35-30-17-10-8-15-28(30)33-27-14-7-5-12-25(27)26-13-6-9-16-29(26)34(33)37(31)35/h5-22H,1-4H3. The molecule has 7 aromatic rings. The predicted octanol–water partition coefficient (Wildman–Crippen LogP) is 9.86. The van der Waals surface area contributed by atoms with Crippen LogP contribution in [-0.2, 0) is 0 Å². The van der Waals surface area contributed by atoms with Gasteiger partial charge in [-0.25, -0.2) is 4.98 Å². The summed E-state index contributed by atoms with van der Waals surface area (Å²) >= 11 is 0. The van der Waals surface area contributed by atoms with Gasteiger partial charge in [0.25, 0.3) is 0 Å². The van der Waals surface area contributed by atoms with Gasteiger partial charge in [0.05, 0.1) is 17.4 Å². The van der Waals surface area contributed by atoms with E-state index in [-0.39, 0.29) is 0 Å². The van der Waals surface area contributed by atoms with Crippen LogP contribution < -0.4 is 0 Å². The molecule has 2 heterocycles. The van der Waals surface area contributed by atoms with Crippen LogP contribution >= 0.6 is 0 Å². The first-order chi connectivity index (χ1) is 18.1. The Morgan fingerprint density at radius 1 is 0.541 bits per heavy atom. The van der Waals surface area contributed by atoms with Gasteiger partial charge in [-0.3, -0.25) is 4.40 Å². The fraction of sp³-hybridized carbons (Fsp3) is 0.171. The van der Waals surface area contributed by atoms with Gasteiger partial charge < -0.3 is 0 Å². The van der Waals surface area contributed by atoms with E-state index in [0.717, 1.165) is 5.65 Å². The van der Waals surface area contributed by atoms with E-state index in [1.54, 1.807) is 0 Å². The molecule has 0 fully saturated rings. The van der Waals surface area contributed by atoms with Crippen molar-refractivity contribution in [2.75, 3.05) is 0 Å². The molecule has 2 aromatic heterocycles. The van der Waals surface area contributed by atoms with Crippen LogP contribution in [0.4, 0.5) is 0 Å². The topological polar surface area (TPSA) is 17.3 Å². The molecule has 180 valence electrons. The Bertz CT molecular complexity index is 1960. The van der Waals surface area contributed by atoms with Gasteiger partial charge in [0, 0.05) is 21.7 Å². The van der Waals surface area contributed by atoms with Crippen molar-refractivity contribution in [1.82, 2.24) is 9.38 Å². The Kier molecular flexibility index (Phi) is 4.87. The molecule has 2 nitrogen and oxygen atoms in total. The maximum atomic E-state index is 5.12. The molecule has 37 heavy (non-hydrogen) atoms. The highest BCUT2D eigenvalue weighted by atomic mass is 15.0. The minimum absolute atomic E-state index is 0.406. The average molecular weight is 479 g/mol. The SMILES string of the molecule is CC(C)c1cccc(C(C)C)c1-c1cnc2c3ccccc3c3c4ccccc4c4ccccc4c3n12. The van der Waals surface area contributed by atoms with Crippen molar-refractivity contribution in [2.45, 2.75) is 39.5 Å². The molecule has 2 heteroatoms. The van der Waals surface area contributed by atoms with Crippen molar-refractivity contribution in [2.24, 2.45) is 0 Å². The highest BCUT2D eigenvalue weighted by molar-refractivity contribution is 6.32. The largest absolute Gasteiger partial charge is 0.291 e. The second-order valence-electron chi connectivity index (χ2n) is 10.8. The lowest BCUT2D eigenvalue weighted by Gasteiger charge is -2.21. The Labute approximate surface area is 217 Å². The van der Waals surface area contributed by atoms with Crippen molar-refractivity contribution >= 4 is 48.9 Å². The van der Waals surface area contributed by atoms with Gasteiger partial charge in [0.1, 0.15) is 5.65 Å². The first-order valence-electron chi connectivity index (χ1n) is 13.3. The smallest absolute Gasteiger partial charge is 0.145 e. The number of benzene rings is 5. The summed E-state index contributed by atoms with van der Waals surface area (Å²) < 4.78 is 2.46. The van der Waals surface area contributed by atoms with Crippen molar-refractivity contribution in [3.05, 3.63) is 108 Å². The minimum Gasteiger partial charge on any atom is -0.291 e. The zero-order valence-electron chi connectivity index (χ0n) is 21.8. The maximum Gasteiger partial charge on any atom is 0.145 e. The molecule has 0 aliphatic rings. The third-order valence-corrected chi connectivity index (χ3v) is 7.96. The first-order valence-corrected chi connectivity index (χ1v) is 13.3. The lowest BCUT2D eigenvalue weighted by molar-refractivity contribution is 0.836. The summed E-state index contributed by atoms with van der Waals surface area (Å²) in [6, 6.07) is 33.3. The summed E-state index contributed by atoms with van der Waals surface area (Å²) in [5.41, 5.74) is 7.52. The molecule has 0 aliphatic carbocycles. The molecule has 0 saturated heterocycles. The number of aromatic nitrogens is 2. The van der Waals surface area contributed by atoms with E-state index in [9.17, 15) is 0 Å². The summed E-state index contributed by atoms with van der Waals surface area (Å²) in [7, 11) is 0. The van der Waals surface area contributed by atoms with Gasteiger partial charge in [0.2, 0.25) is 0 Å². The first kappa shape index (κ1) is 22.1. The van der Waals surface area contributed by atoms with Crippen molar-refractivity contribution in [3.8, 4) is 11.3 Å². The van der Waals surface area contributed by atoms with E-state index in [1.807, 2.05) is 0 Å². The molecule has 0 N–H and O–H groups in total. The lowest BCUT2D eigenvalue weighted by atomic mass is 9.87. The molecule has 0 amide bonds. The molecule has 0 saturated carbocycles. The lowest BCUT2D eigenvalue weighted by Crippen LogP contribution is -2.03. The number of nitrogens with zero attached hydrogens (tertiary/aromatic N) is 2. The second kappa shape index (κ2) is 8.18. The number of pyridine rings is 1. The summed E-state index contributed by atoms with van der Waals surface area (Å²) in [5, 5.41) is 8.87. The fourth-order valence-corrected chi connectivity index (χ4v) is 6.32. The highest BCUT2D eigenvalue weighted by Gasteiger charge is 2.23. The van der Waals surface area contributed by atoms with Gasteiger partial charge >= 0.3 is 0 Å². The molecule has 0 atom stereocenters. The molecule has 0 radical (unpaired) electrons. The Balaban J connectivity index is 1.83. The Hall–Kier alpha value is -4.17. The van der Waals surface area contributed by atoms with Crippen LogP contribution in [0.5, 0.6) is 0 Å². The van der Waals surface area contributed by atoms with Gasteiger partial charge in [-0.1, -0.05) is 119 Å². The van der Waals surface area contributed by atoms with Crippen LogP contribution in [-0.4, -0.2) is 9.38 Å². The van der Waals surface area contributed by atoms with Crippen LogP contribution in [0.1, 0.15) is 50.7 Å². The molecule has 7 rings (SSSR count). The summed E-state index contributed by atoms with van der Waals surface area (Å²) in [6.45, 7) is 9.18. The third kappa shape index (κ3) is 3.08. The van der Waals surface area contributed by atoms with E-state index in [4.69, 9.17) is 4.98 Å². The fourth-order valence-electron chi connectivity index (χ4n) is 6.32. The minimum atomic E-state index is 0.406. The molecule has 0 spiro atoms. The van der Waals surface area contributed by atoms with E-state index >= 15 is 0 Å². The third-order valence-electron chi connectivity index (χ3n) is 7.96. The van der Waals surface area contributed by atoms with Crippen LogP contribution in [0.25, 0.3) is 60.1 Å². The Morgan fingerprint density at radius 3 is 1.62 bits per heavy atom. The van der Waals surface area contributed by atoms with Crippen molar-refractivity contribution in [1.29, 1.82) is 0 Å². The van der Waals surface area contributed by atoms with E-state index in [1.165, 1.54) is 65.6 Å². The predicted molar refractivity (Wildman–Crippen MR) is 159 cm³/mol. The molecular formula is C35H30N2. The van der Waals surface area contributed by atoms with Gasteiger partial charge in [0.15, 0.2) is 0 Å². The number of rotatable bonds is 3. The second-order valence-corrected chi connectivity index (χ2v) is 10.8. The molecule has 0 unspecified atom stereocenters. The number of imidazole rings is 1. The highest BCUT2D eigenvalue weighted by Crippen LogP contribution is 2.43. The molecule has 5 aromatic carbocycles. The summed E-state index contributed by atoms with van der Waals surface area (Å²) in [4.78, 5) is 5.12. The maximum absolute atomic E-state index is 5.12. The zero-order chi connectivity index (χ0) is 25.3. The van der Waals surface area contributed by atoms with Crippen molar-refractivity contribution in [3.63, 3.8) is 0 Å². The van der Waals surface area contributed by atoms with Crippen LogP contribution in [0.3, 0.4) is 0 Å². The van der Waals surface area contributed by atoms with Crippen molar-refractivity contribution < 1.29 is 0 Å². The number of hydrogen-bond acceptors (Lipinski definition) is 1. The van der Waals surface area contributed by atoms with E-state index < -0.39 is 0 Å². The zero-order valence-corrected chi connectivity index (χ0v) is 21.8. The summed E-state index contributed by atoms with van der Waals surface area (Å²) in [5.74, 6) is 0.812. The monoisotopic (exact) mass is 478 g/mol. The van der Waals surface area contributed by atoms with Crippen LogP contribution in [0, 0.1) is 0 Å². The quantitative estimate of drug-likeness (QED) is 0.231. The summed E-state index contributed by atoms with van der Waals surface area (Å²) in [6.07, 6.45) is 2.11. The van der Waals surface area contributed by atoms with E-state index in [0.29, 0.717) is 11.8 Å². The number of hydrogen-bond donors (Lipinski definition) is 0. The average Bonchev–Trinajstić information content (AvgIpc) is 3.37. The molecule has 0 bridgehead atoms. The molecule has 0 aliphatic heterocycles. The number of fused-ring (bicyclic) bond motifs is 11. The Morgan fingerprint density at radius 2 is 1.03 bits per heavy atom. The van der Waals surface area contributed by atoms with E-state index in [2.05, 4.69) is 129 Å². The van der Waals surface area contributed by atoms with Gasteiger partial charge in [-0.05, 0) is 44.5 Å². The van der Waals surface area contributed by atoms with Gasteiger partial charge in [-0.15, -0.1) is 0 Å². The van der Waals surface area contributed by atoms with Gasteiger partial charge in [-0.2, -0.15) is 0 Å². The van der Waals surface area contributed by atoms with Crippen LogP contribution in [0.15, 0.2) is 97.2 Å². The van der Waals surface area contributed by atoms with Crippen LogP contribution in [0.2, 0.25) is 0 Å². The normalized spacial score (nSPS) is 12.3. The molecular weight excluding hydrogens is 448 g/mol.